The molecular formula is C32H29F6N3O5. The zero-order valence-corrected chi connectivity index (χ0v) is 24.1. The van der Waals surface area contributed by atoms with E-state index in [1.54, 1.807) is 24.3 Å². The normalized spacial score (nSPS) is 14.2. The van der Waals surface area contributed by atoms with Crippen molar-refractivity contribution in [3.8, 4) is 0 Å². The second-order valence-corrected chi connectivity index (χ2v) is 10.6. The van der Waals surface area contributed by atoms with Gasteiger partial charge in [-0.15, -0.1) is 0 Å². The average Bonchev–Trinajstić information content (AvgIpc) is 3.02. The van der Waals surface area contributed by atoms with Gasteiger partial charge < -0.3 is 20.8 Å². The molecule has 0 saturated heterocycles. The van der Waals surface area contributed by atoms with Crippen molar-refractivity contribution < 1.29 is 50.9 Å². The predicted molar refractivity (Wildman–Crippen MR) is 157 cm³/mol. The lowest BCUT2D eigenvalue weighted by Crippen LogP contribution is -2.36. The number of amides is 3. The molecule has 0 heterocycles. The molecule has 0 fully saturated rings. The van der Waals surface area contributed by atoms with Gasteiger partial charge in [-0.05, 0) is 84.8 Å². The van der Waals surface area contributed by atoms with E-state index >= 15 is 0 Å². The van der Waals surface area contributed by atoms with Crippen LogP contribution in [0, 0.1) is 0 Å². The first-order valence-electron chi connectivity index (χ1n) is 14.1. The number of aliphatic carboxylic acids is 1. The molecule has 3 amide bonds. The molecule has 0 radical (unpaired) electrons. The number of carbonyl (C=O) groups is 3. The summed E-state index contributed by atoms with van der Waals surface area (Å²) in [7, 11) is 0. The van der Waals surface area contributed by atoms with Crippen molar-refractivity contribution in [3.63, 3.8) is 0 Å². The number of hydrogen-bond acceptors (Lipinski definition) is 4. The standard InChI is InChI=1S/C32H29F6N3O5/c33-31(34,35)23-12-15-25(32(36,37)38)26(16-23)40-30(46)41(24-13-10-21(11-14-24)20-4-2-1-3-5-20)18-19-6-8-22(9-7-19)28(43)39-17-27(42)29(44)45/h4,6-16,27,42H,1-3,5,17-18H2,(H,39,43)(H,40,46)(H,44,45)/t27-/m1/s1. The van der Waals surface area contributed by atoms with Gasteiger partial charge >= 0.3 is 24.4 Å². The number of carbonyl (C=O) groups excluding carboxylic acids is 2. The molecule has 0 unspecified atom stereocenters. The Balaban J connectivity index is 1.64. The highest BCUT2D eigenvalue weighted by atomic mass is 19.4. The highest BCUT2D eigenvalue weighted by Gasteiger charge is 2.38. The van der Waals surface area contributed by atoms with Crippen LogP contribution in [0.3, 0.4) is 0 Å². The summed E-state index contributed by atoms with van der Waals surface area (Å²) in [6, 6.07) is 11.9. The van der Waals surface area contributed by atoms with E-state index in [2.05, 4.69) is 11.4 Å². The van der Waals surface area contributed by atoms with Crippen LogP contribution in [0.5, 0.6) is 0 Å². The fourth-order valence-electron chi connectivity index (χ4n) is 4.81. The fraction of sp³-hybridized carbons (Fsp3) is 0.281. The Bertz CT molecular complexity index is 1600. The third-order valence-electron chi connectivity index (χ3n) is 7.28. The van der Waals surface area contributed by atoms with Crippen LogP contribution in [-0.2, 0) is 23.7 Å². The third kappa shape index (κ3) is 8.65. The minimum atomic E-state index is -5.07. The molecule has 0 aromatic heterocycles. The molecule has 1 aliphatic rings. The Morgan fingerprint density at radius 1 is 0.870 bits per heavy atom. The van der Waals surface area contributed by atoms with E-state index in [1.807, 2.05) is 5.32 Å². The highest BCUT2D eigenvalue weighted by molar-refractivity contribution is 6.02. The molecular weight excluding hydrogens is 620 g/mol. The molecule has 4 N–H and O–H groups in total. The van der Waals surface area contributed by atoms with Gasteiger partial charge in [0.1, 0.15) is 0 Å². The number of aliphatic hydroxyl groups is 1. The molecule has 3 aromatic rings. The Morgan fingerprint density at radius 2 is 1.54 bits per heavy atom. The quantitative estimate of drug-likeness (QED) is 0.185. The molecule has 0 aliphatic heterocycles. The number of hydrogen-bond donors (Lipinski definition) is 4. The summed E-state index contributed by atoms with van der Waals surface area (Å²) in [6.45, 7) is -0.806. The SMILES string of the molecule is O=C(NC[C@@H](O)C(=O)O)c1ccc(CN(C(=O)Nc2cc(C(F)(F)F)ccc2C(F)(F)F)c2ccc(C3=CCCCC3)cc2)cc1. The van der Waals surface area contributed by atoms with Gasteiger partial charge in [-0.1, -0.05) is 30.3 Å². The number of nitrogens with zero attached hydrogens (tertiary/aromatic N) is 1. The van der Waals surface area contributed by atoms with Gasteiger partial charge in [0.05, 0.1) is 29.9 Å². The molecule has 244 valence electrons. The second kappa shape index (κ2) is 14.1. The van der Waals surface area contributed by atoms with Gasteiger partial charge in [-0.2, -0.15) is 26.3 Å². The van der Waals surface area contributed by atoms with Crippen molar-refractivity contribution in [1.82, 2.24) is 5.32 Å². The Hall–Kier alpha value is -4.85. The molecule has 46 heavy (non-hydrogen) atoms. The van der Waals surface area contributed by atoms with Gasteiger partial charge in [0.15, 0.2) is 6.10 Å². The summed E-state index contributed by atoms with van der Waals surface area (Å²) in [6.07, 6.45) is -5.89. The van der Waals surface area contributed by atoms with E-state index < -0.39 is 59.7 Å². The Labute approximate surface area is 259 Å². The van der Waals surface area contributed by atoms with Crippen LogP contribution >= 0.6 is 0 Å². The van der Waals surface area contributed by atoms with E-state index in [0.717, 1.165) is 41.7 Å². The van der Waals surface area contributed by atoms with E-state index in [1.165, 1.54) is 24.3 Å². The van der Waals surface area contributed by atoms with Crippen LogP contribution in [-0.4, -0.2) is 40.8 Å². The molecule has 0 bridgehead atoms. The molecule has 0 saturated carbocycles. The summed E-state index contributed by atoms with van der Waals surface area (Å²) in [5, 5.41) is 22.4. The van der Waals surface area contributed by atoms with Gasteiger partial charge in [0.2, 0.25) is 0 Å². The second-order valence-electron chi connectivity index (χ2n) is 10.6. The van der Waals surface area contributed by atoms with Crippen molar-refractivity contribution in [2.45, 2.75) is 50.7 Å². The molecule has 3 aromatic carbocycles. The van der Waals surface area contributed by atoms with E-state index in [-0.39, 0.29) is 36.0 Å². The Morgan fingerprint density at radius 3 is 2.11 bits per heavy atom. The largest absolute Gasteiger partial charge is 0.479 e. The van der Waals surface area contributed by atoms with Gasteiger partial charge in [-0.3, -0.25) is 9.69 Å². The molecule has 8 nitrogen and oxygen atoms in total. The number of aliphatic hydroxyl groups excluding tert-OH is 1. The van der Waals surface area contributed by atoms with Crippen molar-refractivity contribution in [1.29, 1.82) is 0 Å². The van der Waals surface area contributed by atoms with Crippen molar-refractivity contribution in [2.24, 2.45) is 0 Å². The number of allylic oxidation sites excluding steroid dienone is 2. The lowest BCUT2D eigenvalue weighted by molar-refractivity contribution is -0.146. The maximum atomic E-state index is 13.7. The lowest BCUT2D eigenvalue weighted by atomic mass is 9.93. The number of rotatable bonds is 9. The van der Waals surface area contributed by atoms with Gasteiger partial charge in [-0.25, -0.2) is 9.59 Å². The number of anilines is 2. The minimum absolute atomic E-state index is 0.0845. The number of alkyl halides is 6. The van der Waals surface area contributed by atoms with E-state index in [9.17, 15) is 45.8 Å². The number of halogens is 6. The zero-order chi connectivity index (χ0) is 33.6. The van der Waals surface area contributed by atoms with Crippen LogP contribution in [0.2, 0.25) is 0 Å². The smallest absolute Gasteiger partial charge is 0.418 e. The summed E-state index contributed by atoms with van der Waals surface area (Å²) >= 11 is 0. The molecule has 1 atom stereocenters. The molecule has 4 rings (SSSR count). The summed E-state index contributed by atoms with van der Waals surface area (Å²) in [5.41, 5.74) is -1.19. The van der Waals surface area contributed by atoms with Crippen LogP contribution in [0.1, 0.15) is 58.3 Å². The van der Waals surface area contributed by atoms with Gasteiger partial charge in [0, 0.05) is 11.3 Å². The van der Waals surface area contributed by atoms with Gasteiger partial charge in [0.25, 0.3) is 5.91 Å². The summed E-state index contributed by atoms with van der Waals surface area (Å²) < 4.78 is 81.3. The topological polar surface area (TPSA) is 119 Å². The molecule has 14 heteroatoms. The average molecular weight is 650 g/mol. The Kier molecular flexibility index (Phi) is 10.4. The first-order valence-corrected chi connectivity index (χ1v) is 14.1. The lowest BCUT2D eigenvalue weighted by Gasteiger charge is -2.25. The molecule has 0 spiro atoms. The number of carboxylic acids is 1. The van der Waals surface area contributed by atoms with Crippen LogP contribution < -0.4 is 15.5 Å². The van der Waals surface area contributed by atoms with Crippen LogP contribution in [0.15, 0.2) is 72.8 Å². The fourth-order valence-corrected chi connectivity index (χ4v) is 4.81. The minimum Gasteiger partial charge on any atom is -0.479 e. The van der Waals surface area contributed by atoms with Crippen molar-refractivity contribution in [2.75, 3.05) is 16.8 Å². The third-order valence-corrected chi connectivity index (χ3v) is 7.28. The summed E-state index contributed by atoms with van der Waals surface area (Å²) in [5.74, 6) is -2.22. The van der Waals surface area contributed by atoms with E-state index in [4.69, 9.17) is 5.11 Å². The first kappa shape index (κ1) is 34.0. The highest BCUT2D eigenvalue weighted by Crippen LogP contribution is 2.39. The van der Waals surface area contributed by atoms with Crippen molar-refractivity contribution >= 4 is 34.9 Å². The number of carboxylic acid groups (broad SMARTS) is 1. The van der Waals surface area contributed by atoms with Crippen LogP contribution in [0.25, 0.3) is 5.57 Å². The number of urea groups is 1. The maximum Gasteiger partial charge on any atom is 0.418 e. The number of nitrogens with one attached hydrogen (secondary N) is 2. The van der Waals surface area contributed by atoms with Crippen molar-refractivity contribution in [3.05, 3.63) is 101 Å². The molecule has 1 aliphatic carbocycles. The zero-order valence-electron chi connectivity index (χ0n) is 24.1. The number of benzene rings is 3. The summed E-state index contributed by atoms with van der Waals surface area (Å²) in [4.78, 5) is 37.7. The predicted octanol–water partition coefficient (Wildman–Crippen LogP) is 7.10. The monoisotopic (exact) mass is 649 g/mol. The van der Waals surface area contributed by atoms with Crippen LogP contribution in [0.4, 0.5) is 42.5 Å². The van der Waals surface area contributed by atoms with E-state index in [0.29, 0.717) is 5.56 Å². The first-order chi connectivity index (χ1) is 21.6. The maximum absolute atomic E-state index is 13.7.